The SMILES string of the molecule is CC(=O)Oc1ccc2ccccc2c1N=Nc1ccc(C(=O)O)cc1. The van der Waals surface area contributed by atoms with Crippen LogP contribution in [0.25, 0.3) is 10.8 Å². The lowest BCUT2D eigenvalue weighted by Gasteiger charge is -2.08. The van der Waals surface area contributed by atoms with Crippen molar-refractivity contribution in [1.82, 2.24) is 0 Å². The number of nitrogens with zero attached hydrogens (tertiary/aromatic N) is 2. The molecule has 0 atom stereocenters. The van der Waals surface area contributed by atoms with E-state index in [-0.39, 0.29) is 5.56 Å². The highest BCUT2D eigenvalue weighted by molar-refractivity contribution is 5.96. The fourth-order valence-corrected chi connectivity index (χ4v) is 2.35. The molecule has 0 fully saturated rings. The second-order valence-electron chi connectivity index (χ2n) is 5.28. The maximum Gasteiger partial charge on any atom is 0.335 e. The molecule has 0 unspecified atom stereocenters. The molecule has 6 nitrogen and oxygen atoms in total. The second kappa shape index (κ2) is 6.92. The number of aromatic carboxylic acids is 1. The zero-order chi connectivity index (χ0) is 17.8. The highest BCUT2D eigenvalue weighted by Gasteiger charge is 2.10. The van der Waals surface area contributed by atoms with Gasteiger partial charge < -0.3 is 9.84 Å². The van der Waals surface area contributed by atoms with Gasteiger partial charge in [0.2, 0.25) is 0 Å². The van der Waals surface area contributed by atoms with Crippen molar-refractivity contribution in [3.05, 3.63) is 66.2 Å². The number of carbonyl (C=O) groups is 2. The molecule has 0 aliphatic carbocycles. The normalized spacial score (nSPS) is 10.9. The number of carboxylic acid groups (broad SMARTS) is 1. The van der Waals surface area contributed by atoms with E-state index in [0.717, 1.165) is 10.8 Å². The second-order valence-corrected chi connectivity index (χ2v) is 5.28. The highest BCUT2D eigenvalue weighted by atomic mass is 16.5. The van der Waals surface area contributed by atoms with E-state index in [4.69, 9.17) is 9.84 Å². The molecule has 0 saturated carbocycles. The molecular formula is C19H14N2O4. The Morgan fingerprint density at radius 2 is 1.64 bits per heavy atom. The summed E-state index contributed by atoms with van der Waals surface area (Å²) in [7, 11) is 0. The molecule has 124 valence electrons. The van der Waals surface area contributed by atoms with Gasteiger partial charge in [0.1, 0.15) is 5.69 Å². The van der Waals surface area contributed by atoms with E-state index in [9.17, 15) is 9.59 Å². The lowest BCUT2D eigenvalue weighted by molar-refractivity contribution is -0.131. The predicted octanol–water partition coefficient (Wildman–Crippen LogP) is 4.88. The molecule has 0 spiro atoms. The minimum absolute atomic E-state index is 0.171. The van der Waals surface area contributed by atoms with Gasteiger partial charge in [0, 0.05) is 12.3 Å². The minimum atomic E-state index is -1.00. The molecule has 3 aromatic rings. The van der Waals surface area contributed by atoms with Crippen molar-refractivity contribution < 1.29 is 19.4 Å². The van der Waals surface area contributed by atoms with Crippen molar-refractivity contribution in [1.29, 1.82) is 0 Å². The van der Waals surface area contributed by atoms with Crippen LogP contribution in [0.2, 0.25) is 0 Å². The summed E-state index contributed by atoms with van der Waals surface area (Å²) < 4.78 is 5.22. The number of fused-ring (bicyclic) bond motifs is 1. The molecule has 1 N–H and O–H groups in total. The lowest BCUT2D eigenvalue weighted by Crippen LogP contribution is -2.01. The van der Waals surface area contributed by atoms with E-state index in [1.165, 1.54) is 19.1 Å². The number of esters is 1. The zero-order valence-corrected chi connectivity index (χ0v) is 13.3. The molecule has 6 heteroatoms. The van der Waals surface area contributed by atoms with Gasteiger partial charge in [-0.25, -0.2) is 4.79 Å². The maximum absolute atomic E-state index is 11.3. The molecule has 0 aliphatic rings. The monoisotopic (exact) mass is 334 g/mol. The molecular weight excluding hydrogens is 320 g/mol. The number of carbonyl (C=O) groups excluding carboxylic acids is 1. The third-order valence-corrected chi connectivity index (χ3v) is 3.50. The number of azo groups is 1. The molecule has 0 bridgehead atoms. The molecule has 3 rings (SSSR count). The van der Waals surface area contributed by atoms with Crippen LogP contribution in [0.4, 0.5) is 11.4 Å². The van der Waals surface area contributed by atoms with E-state index in [1.54, 1.807) is 18.2 Å². The van der Waals surface area contributed by atoms with E-state index in [0.29, 0.717) is 17.1 Å². The van der Waals surface area contributed by atoms with Gasteiger partial charge in [0.15, 0.2) is 5.75 Å². The molecule has 0 aliphatic heterocycles. The van der Waals surface area contributed by atoms with Gasteiger partial charge in [-0.05, 0) is 35.7 Å². The predicted molar refractivity (Wildman–Crippen MR) is 92.8 cm³/mol. The summed E-state index contributed by atoms with van der Waals surface area (Å²) in [5.74, 6) is -1.13. The zero-order valence-electron chi connectivity index (χ0n) is 13.3. The standard InChI is InChI=1S/C19H14N2O4/c1-12(22)25-17-11-8-13-4-2-3-5-16(13)18(17)21-20-15-9-6-14(7-10-15)19(23)24/h2-11H,1H3,(H,23,24). The minimum Gasteiger partial charge on any atom is -0.478 e. The fourth-order valence-electron chi connectivity index (χ4n) is 2.35. The summed E-state index contributed by atoms with van der Waals surface area (Å²) >= 11 is 0. The summed E-state index contributed by atoms with van der Waals surface area (Å²) in [4.78, 5) is 22.2. The van der Waals surface area contributed by atoms with Crippen LogP contribution in [0, 0.1) is 0 Å². The Hall–Kier alpha value is -3.54. The van der Waals surface area contributed by atoms with Gasteiger partial charge in [-0.1, -0.05) is 30.3 Å². The van der Waals surface area contributed by atoms with Gasteiger partial charge in [-0.2, -0.15) is 5.11 Å². The van der Waals surface area contributed by atoms with Gasteiger partial charge in [-0.3, -0.25) is 4.79 Å². The topological polar surface area (TPSA) is 88.3 Å². The van der Waals surface area contributed by atoms with Gasteiger partial charge >= 0.3 is 11.9 Å². The molecule has 25 heavy (non-hydrogen) atoms. The molecule has 0 heterocycles. The first-order chi connectivity index (χ1) is 12.0. The Balaban J connectivity index is 2.03. The Morgan fingerprint density at radius 3 is 2.32 bits per heavy atom. The Kier molecular flexibility index (Phi) is 4.52. The third kappa shape index (κ3) is 3.69. The average Bonchev–Trinajstić information content (AvgIpc) is 2.60. The van der Waals surface area contributed by atoms with Gasteiger partial charge in [0.05, 0.1) is 11.3 Å². The lowest BCUT2D eigenvalue weighted by atomic mass is 10.1. The largest absolute Gasteiger partial charge is 0.478 e. The molecule has 0 radical (unpaired) electrons. The number of carboxylic acids is 1. The van der Waals surface area contributed by atoms with Crippen LogP contribution >= 0.6 is 0 Å². The van der Waals surface area contributed by atoms with Crippen molar-refractivity contribution in [2.45, 2.75) is 6.92 Å². The first-order valence-electron chi connectivity index (χ1n) is 7.50. The highest BCUT2D eigenvalue weighted by Crippen LogP contribution is 2.37. The summed E-state index contributed by atoms with van der Waals surface area (Å²) in [6.07, 6.45) is 0. The van der Waals surface area contributed by atoms with Crippen molar-refractivity contribution in [2.75, 3.05) is 0 Å². The fraction of sp³-hybridized carbons (Fsp3) is 0.0526. The van der Waals surface area contributed by atoms with Crippen LogP contribution in [-0.4, -0.2) is 17.0 Å². The van der Waals surface area contributed by atoms with E-state index in [2.05, 4.69) is 10.2 Å². The van der Waals surface area contributed by atoms with Crippen molar-refractivity contribution in [2.24, 2.45) is 10.2 Å². The Bertz CT molecular complexity index is 978. The smallest absolute Gasteiger partial charge is 0.335 e. The van der Waals surface area contributed by atoms with Gasteiger partial charge in [0.25, 0.3) is 0 Å². The summed E-state index contributed by atoms with van der Waals surface area (Å²) in [5.41, 5.74) is 1.10. The Labute approximate surface area is 143 Å². The van der Waals surface area contributed by atoms with Crippen molar-refractivity contribution in [3.63, 3.8) is 0 Å². The van der Waals surface area contributed by atoms with Gasteiger partial charge in [-0.15, -0.1) is 5.11 Å². The van der Waals surface area contributed by atoms with Crippen LogP contribution in [0.5, 0.6) is 5.75 Å². The number of ether oxygens (including phenoxy) is 1. The molecule has 0 aromatic heterocycles. The number of benzene rings is 3. The van der Waals surface area contributed by atoms with Crippen LogP contribution in [0.3, 0.4) is 0 Å². The van der Waals surface area contributed by atoms with Crippen molar-refractivity contribution >= 4 is 34.1 Å². The summed E-state index contributed by atoms with van der Waals surface area (Å²) in [6, 6.07) is 17.1. The van der Waals surface area contributed by atoms with E-state index in [1.807, 2.05) is 30.3 Å². The summed E-state index contributed by atoms with van der Waals surface area (Å²) in [5, 5.41) is 19.0. The number of hydrogen-bond acceptors (Lipinski definition) is 5. The number of rotatable bonds is 4. The van der Waals surface area contributed by atoms with Crippen molar-refractivity contribution in [3.8, 4) is 5.75 Å². The molecule has 3 aromatic carbocycles. The van der Waals surface area contributed by atoms with Crippen LogP contribution in [0.1, 0.15) is 17.3 Å². The average molecular weight is 334 g/mol. The molecule has 0 amide bonds. The molecule has 0 saturated heterocycles. The van der Waals surface area contributed by atoms with E-state index < -0.39 is 11.9 Å². The Morgan fingerprint density at radius 1 is 0.920 bits per heavy atom. The quantitative estimate of drug-likeness (QED) is 0.418. The summed E-state index contributed by atoms with van der Waals surface area (Å²) in [6.45, 7) is 1.32. The van der Waals surface area contributed by atoms with Crippen LogP contribution < -0.4 is 4.74 Å². The maximum atomic E-state index is 11.3. The number of hydrogen-bond donors (Lipinski definition) is 1. The third-order valence-electron chi connectivity index (χ3n) is 3.50. The van der Waals surface area contributed by atoms with Crippen LogP contribution in [0.15, 0.2) is 70.9 Å². The van der Waals surface area contributed by atoms with E-state index >= 15 is 0 Å². The first kappa shape index (κ1) is 16.3. The first-order valence-corrected chi connectivity index (χ1v) is 7.50. The van der Waals surface area contributed by atoms with Crippen LogP contribution in [-0.2, 0) is 4.79 Å².